The van der Waals surface area contributed by atoms with E-state index in [9.17, 15) is 0 Å². The molecule has 1 heterocycles. The molecule has 0 saturated carbocycles. The fourth-order valence-electron chi connectivity index (χ4n) is 4.22. The molecule has 174 valence electrons. The number of rotatable bonds is 9. The van der Waals surface area contributed by atoms with Gasteiger partial charge in [0.2, 0.25) is 0 Å². The lowest BCUT2D eigenvalue weighted by Crippen LogP contribution is -2.30. The first-order valence-electron chi connectivity index (χ1n) is 11.0. The van der Waals surface area contributed by atoms with E-state index in [1.807, 2.05) is 30.3 Å². The molecule has 1 aliphatic rings. The Morgan fingerprint density at radius 2 is 1.33 bits per heavy atom. The van der Waals surface area contributed by atoms with Crippen molar-refractivity contribution < 1.29 is 23.7 Å². The molecule has 0 spiro atoms. The lowest BCUT2D eigenvalue weighted by Gasteiger charge is -2.30. The summed E-state index contributed by atoms with van der Waals surface area (Å²) in [6, 6.07) is 18.3. The summed E-state index contributed by atoms with van der Waals surface area (Å²) in [6.45, 7) is 3.02. The molecule has 6 nitrogen and oxygen atoms in total. The van der Waals surface area contributed by atoms with Crippen LogP contribution in [0.3, 0.4) is 0 Å². The summed E-state index contributed by atoms with van der Waals surface area (Å²) in [6.07, 6.45) is 0.941. The fraction of sp³-hybridized carbons (Fsp3) is 0.333. The van der Waals surface area contributed by atoms with Crippen LogP contribution in [0.4, 0.5) is 0 Å². The predicted octanol–water partition coefficient (Wildman–Crippen LogP) is 4.86. The zero-order chi connectivity index (χ0) is 23.2. The number of methoxy groups -OCH3 is 4. The summed E-state index contributed by atoms with van der Waals surface area (Å²) in [5, 5.41) is 0. The number of hydrogen-bond acceptors (Lipinski definition) is 6. The van der Waals surface area contributed by atoms with Gasteiger partial charge in [0, 0.05) is 31.3 Å². The van der Waals surface area contributed by atoms with Crippen molar-refractivity contribution in [2.24, 2.45) is 0 Å². The minimum Gasteiger partial charge on any atom is -0.496 e. The third kappa shape index (κ3) is 5.17. The molecular formula is C27H31NO5. The molecule has 0 N–H and O–H groups in total. The molecule has 6 heteroatoms. The van der Waals surface area contributed by atoms with E-state index in [0.29, 0.717) is 18.1 Å². The van der Waals surface area contributed by atoms with Crippen molar-refractivity contribution in [1.29, 1.82) is 0 Å². The molecule has 0 aliphatic carbocycles. The summed E-state index contributed by atoms with van der Waals surface area (Å²) in [5.41, 5.74) is 4.75. The Morgan fingerprint density at radius 1 is 0.697 bits per heavy atom. The standard InChI is InChI=1S/C27H31NO5/c1-29-23-15-26(32-4)24(30-2)14-22(23)17-28-11-10-20-12-27(25(31-3)13-21(20)16-28)33-18-19-8-6-5-7-9-19/h5-9,12-15H,10-11,16-18H2,1-4H3. The van der Waals surface area contributed by atoms with E-state index >= 15 is 0 Å². The number of benzene rings is 3. The van der Waals surface area contributed by atoms with Crippen LogP contribution in [0, 0.1) is 0 Å². The van der Waals surface area contributed by atoms with Crippen molar-refractivity contribution >= 4 is 0 Å². The van der Waals surface area contributed by atoms with Crippen molar-refractivity contribution in [1.82, 2.24) is 4.90 Å². The highest BCUT2D eigenvalue weighted by Crippen LogP contribution is 2.37. The molecule has 0 unspecified atom stereocenters. The third-order valence-electron chi connectivity index (χ3n) is 5.99. The quantitative estimate of drug-likeness (QED) is 0.465. The number of hydrogen-bond donors (Lipinski definition) is 0. The van der Waals surface area contributed by atoms with Gasteiger partial charge in [-0.3, -0.25) is 4.90 Å². The monoisotopic (exact) mass is 449 g/mol. The summed E-state index contributed by atoms with van der Waals surface area (Å²) >= 11 is 0. The summed E-state index contributed by atoms with van der Waals surface area (Å²) in [5.74, 6) is 3.70. The second kappa shape index (κ2) is 10.5. The smallest absolute Gasteiger partial charge is 0.164 e. The first-order valence-corrected chi connectivity index (χ1v) is 11.0. The van der Waals surface area contributed by atoms with E-state index in [1.54, 1.807) is 28.4 Å². The Balaban J connectivity index is 1.51. The Hall–Kier alpha value is -3.38. The zero-order valence-corrected chi connectivity index (χ0v) is 19.7. The first-order chi connectivity index (χ1) is 16.1. The maximum atomic E-state index is 6.10. The molecule has 0 bridgehead atoms. The molecule has 3 aromatic carbocycles. The van der Waals surface area contributed by atoms with Gasteiger partial charge in [-0.1, -0.05) is 30.3 Å². The van der Waals surface area contributed by atoms with Crippen LogP contribution in [0.2, 0.25) is 0 Å². The molecule has 0 aromatic heterocycles. The number of ether oxygens (including phenoxy) is 5. The molecule has 0 fully saturated rings. The molecule has 1 aliphatic heterocycles. The van der Waals surface area contributed by atoms with Crippen molar-refractivity contribution in [3.63, 3.8) is 0 Å². The van der Waals surface area contributed by atoms with Gasteiger partial charge >= 0.3 is 0 Å². The van der Waals surface area contributed by atoms with Gasteiger partial charge in [-0.25, -0.2) is 0 Å². The van der Waals surface area contributed by atoms with Crippen molar-refractivity contribution in [3.05, 3.63) is 76.9 Å². The normalized spacial score (nSPS) is 13.2. The van der Waals surface area contributed by atoms with E-state index in [1.165, 1.54) is 11.1 Å². The Labute approximate surface area is 195 Å². The SMILES string of the molecule is COc1cc(OC)c(OC)cc1CN1CCc2cc(OCc3ccccc3)c(OC)cc2C1. The highest BCUT2D eigenvalue weighted by Gasteiger charge is 2.22. The van der Waals surface area contributed by atoms with Crippen LogP contribution in [0.5, 0.6) is 28.7 Å². The number of nitrogens with zero attached hydrogens (tertiary/aromatic N) is 1. The average molecular weight is 450 g/mol. The highest BCUT2D eigenvalue weighted by atomic mass is 16.5. The van der Waals surface area contributed by atoms with Crippen LogP contribution in [-0.4, -0.2) is 39.9 Å². The van der Waals surface area contributed by atoms with Gasteiger partial charge in [0.05, 0.1) is 28.4 Å². The van der Waals surface area contributed by atoms with E-state index in [4.69, 9.17) is 23.7 Å². The van der Waals surface area contributed by atoms with E-state index in [2.05, 4.69) is 29.2 Å². The van der Waals surface area contributed by atoms with Gasteiger partial charge in [0.25, 0.3) is 0 Å². The molecule has 4 rings (SSSR count). The molecule has 0 saturated heterocycles. The van der Waals surface area contributed by atoms with Crippen LogP contribution in [0.25, 0.3) is 0 Å². The average Bonchev–Trinajstić information content (AvgIpc) is 2.87. The van der Waals surface area contributed by atoms with Gasteiger partial charge in [-0.15, -0.1) is 0 Å². The summed E-state index contributed by atoms with van der Waals surface area (Å²) in [4.78, 5) is 2.40. The van der Waals surface area contributed by atoms with Crippen LogP contribution in [-0.2, 0) is 26.1 Å². The van der Waals surface area contributed by atoms with Crippen LogP contribution in [0.15, 0.2) is 54.6 Å². The predicted molar refractivity (Wildman–Crippen MR) is 128 cm³/mol. The Morgan fingerprint density at radius 3 is 2.03 bits per heavy atom. The summed E-state index contributed by atoms with van der Waals surface area (Å²) < 4.78 is 28.3. The Bertz CT molecular complexity index is 1080. The minimum atomic E-state index is 0.515. The van der Waals surface area contributed by atoms with Crippen LogP contribution >= 0.6 is 0 Å². The van der Waals surface area contributed by atoms with Crippen LogP contribution in [0.1, 0.15) is 22.3 Å². The second-order valence-electron chi connectivity index (χ2n) is 8.03. The van der Waals surface area contributed by atoms with Gasteiger partial charge in [0.1, 0.15) is 12.4 Å². The van der Waals surface area contributed by atoms with Gasteiger partial charge in [-0.2, -0.15) is 0 Å². The molecule has 0 radical (unpaired) electrons. The topological polar surface area (TPSA) is 49.4 Å². The number of fused-ring (bicyclic) bond motifs is 1. The molecular weight excluding hydrogens is 418 g/mol. The third-order valence-corrected chi connectivity index (χ3v) is 5.99. The van der Waals surface area contributed by atoms with E-state index in [0.717, 1.165) is 54.4 Å². The maximum absolute atomic E-state index is 6.10. The van der Waals surface area contributed by atoms with Gasteiger partial charge < -0.3 is 23.7 Å². The van der Waals surface area contributed by atoms with E-state index < -0.39 is 0 Å². The van der Waals surface area contributed by atoms with Crippen molar-refractivity contribution in [2.45, 2.75) is 26.1 Å². The molecule has 3 aromatic rings. The molecule has 0 atom stereocenters. The van der Waals surface area contributed by atoms with Gasteiger partial charge in [-0.05, 0) is 41.3 Å². The maximum Gasteiger partial charge on any atom is 0.164 e. The summed E-state index contributed by atoms with van der Waals surface area (Å²) in [7, 11) is 6.64. The van der Waals surface area contributed by atoms with Crippen molar-refractivity contribution in [2.75, 3.05) is 35.0 Å². The molecule has 33 heavy (non-hydrogen) atoms. The first kappa shape index (κ1) is 22.8. The van der Waals surface area contributed by atoms with Crippen LogP contribution < -0.4 is 23.7 Å². The lowest BCUT2D eigenvalue weighted by molar-refractivity contribution is 0.238. The van der Waals surface area contributed by atoms with Crippen molar-refractivity contribution in [3.8, 4) is 28.7 Å². The van der Waals surface area contributed by atoms with Gasteiger partial charge in [0.15, 0.2) is 23.0 Å². The molecule has 0 amide bonds. The lowest BCUT2D eigenvalue weighted by atomic mass is 9.98. The highest BCUT2D eigenvalue weighted by molar-refractivity contribution is 5.51. The Kier molecular flexibility index (Phi) is 7.25. The zero-order valence-electron chi connectivity index (χ0n) is 19.7. The fourth-order valence-corrected chi connectivity index (χ4v) is 4.22. The minimum absolute atomic E-state index is 0.515. The largest absolute Gasteiger partial charge is 0.496 e. The second-order valence-corrected chi connectivity index (χ2v) is 8.03. The van der Waals surface area contributed by atoms with E-state index in [-0.39, 0.29) is 0 Å².